The molecule has 0 saturated heterocycles. The van der Waals surface area contributed by atoms with Crippen LogP contribution >= 0.6 is 0 Å². The molecule has 0 atom stereocenters. The number of rotatable bonds is 10. The Balaban J connectivity index is 1.53. The van der Waals surface area contributed by atoms with Gasteiger partial charge in [0.1, 0.15) is 12.4 Å². The van der Waals surface area contributed by atoms with Gasteiger partial charge in [-0.1, -0.05) is 6.07 Å². The normalized spacial score (nSPS) is 11.8. The van der Waals surface area contributed by atoms with Crippen molar-refractivity contribution < 1.29 is 17.9 Å². The number of aromatic nitrogens is 3. The van der Waals surface area contributed by atoms with Gasteiger partial charge in [0, 0.05) is 26.4 Å². The van der Waals surface area contributed by atoms with Gasteiger partial charge in [-0.2, -0.15) is 0 Å². The Labute approximate surface area is 162 Å². The van der Waals surface area contributed by atoms with Crippen LogP contribution in [-0.2, 0) is 21.3 Å². The van der Waals surface area contributed by atoms with E-state index in [1.807, 2.05) is 0 Å². The van der Waals surface area contributed by atoms with E-state index in [0.717, 1.165) is 0 Å². The highest BCUT2D eigenvalue weighted by molar-refractivity contribution is 7.89. The number of sulfonamides is 1. The molecule has 2 aromatic heterocycles. The lowest BCUT2D eigenvalue weighted by Crippen LogP contribution is -2.27. The van der Waals surface area contributed by atoms with Crippen molar-refractivity contribution in [3.8, 4) is 5.75 Å². The van der Waals surface area contributed by atoms with Gasteiger partial charge in [-0.3, -0.25) is 4.40 Å². The summed E-state index contributed by atoms with van der Waals surface area (Å²) in [4.78, 5) is 12.3. The molecule has 0 radical (unpaired) electrons. The molecule has 28 heavy (non-hydrogen) atoms. The quantitative estimate of drug-likeness (QED) is 0.502. The summed E-state index contributed by atoms with van der Waals surface area (Å²) in [6.45, 7) is 1.35. The topological polar surface area (TPSA) is 104 Å². The van der Waals surface area contributed by atoms with Crippen molar-refractivity contribution in [3.63, 3.8) is 0 Å². The van der Waals surface area contributed by atoms with Crippen molar-refractivity contribution >= 4 is 15.7 Å². The zero-order valence-electron chi connectivity index (χ0n) is 15.4. The summed E-state index contributed by atoms with van der Waals surface area (Å²) in [5, 5.41) is 4.21. The third-order valence-corrected chi connectivity index (χ3v) is 5.49. The van der Waals surface area contributed by atoms with Gasteiger partial charge in [-0.05, 0) is 42.8 Å². The first-order valence-electron chi connectivity index (χ1n) is 8.77. The van der Waals surface area contributed by atoms with Gasteiger partial charge in [0.2, 0.25) is 10.0 Å². The molecule has 0 aliphatic heterocycles. The molecule has 150 valence electrons. The monoisotopic (exact) mass is 406 g/mol. The highest BCUT2D eigenvalue weighted by Crippen LogP contribution is 2.15. The molecule has 0 unspecified atom stereocenters. The molecule has 0 amide bonds. The van der Waals surface area contributed by atoms with Crippen LogP contribution in [0.4, 0.5) is 0 Å². The Morgan fingerprint density at radius 1 is 1.11 bits per heavy atom. The molecule has 0 bridgehead atoms. The van der Waals surface area contributed by atoms with Crippen molar-refractivity contribution in [2.45, 2.75) is 17.9 Å². The number of nitrogens with one attached hydrogen (secondary N) is 1. The molecule has 3 rings (SSSR count). The number of aryl methyl sites for hydroxylation is 1. The summed E-state index contributed by atoms with van der Waals surface area (Å²) in [5.41, 5.74) is 0.309. The molecule has 0 fully saturated rings. The van der Waals surface area contributed by atoms with E-state index >= 15 is 0 Å². The number of fused-ring (bicyclic) bond motifs is 1. The van der Waals surface area contributed by atoms with E-state index in [1.54, 1.807) is 43.6 Å². The third-order valence-electron chi connectivity index (χ3n) is 4.02. The van der Waals surface area contributed by atoms with E-state index in [2.05, 4.69) is 9.82 Å². The predicted octanol–water partition coefficient (Wildman–Crippen LogP) is 0.890. The van der Waals surface area contributed by atoms with Crippen molar-refractivity contribution in [3.05, 3.63) is 59.1 Å². The maximum atomic E-state index is 12.4. The van der Waals surface area contributed by atoms with Gasteiger partial charge in [0.25, 0.3) is 0 Å². The standard InChI is InChI=1S/C18H22N4O5S/c1-26-13-14-27-15-6-8-16(9-7-15)28(24,25)19-10-4-12-22-18(23)21-11-3-2-5-17(21)20-22/h2-3,5-9,11,19H,4,10,12-14H2,1H3. The van der Waals surface area contributed by atoms with Gasteiger partial charge in [0.15, 0.2) is 5.65 Å². The fourth-order valence-electron chi connectivity index (χ4n) is 2.59. The second-order valence-corrected chi connectivity index (χ2v) is 7.77. The first-order valence-corrected chi connectivity index (χ1v) is 10.3. The van der Waals surface area contributed by atoms with Crippen LogP contribution in [0.1, 0.15) is 6.42 Å². The molecular weight excluding hydrogens is 384 g/mol. The summed E-state index contributed by atoms with van der Waals surface area (Å²) in [6, 6.07) is 11.5. The van der Waals surface area contributed by atoms with Gasteiger partial charge in [-0.15, -0.1) is 5.10 Å². The molecule has 2 heterocycles. The predicted molar refractivity (Wildman–Crippen MR) is 103 cm³/mol. The number of benzene rings is 1. The minimum absolute atomic E-state index is 0.150. The highest BCUT2D eigenvalue weighted by Gasteiger charge is 2.13. The minimum Gasteiger partial charge on any atom is -0.491 e. The second kappa shape index (κ2) is 9.00. The van der Waals surface area contributed by atoms with Crippen molar-refractivity contribution in [2.24, 2.45) is 0 Å². The Hall–Kier alpha value is -2.69. The van der Waals surface area contributed by atoms with E-state index in [0.29, 0.717) is 37.6 Å². The summed E-state index contributed by atoms with van der Waals surface area (Å²) >= 11 is 0. The lowest BCUT2D eigenvalue weighted by atomic mass is 10.3. The second-order valence-electron chi connectivity index (χ2n) is 6.00. The number of hydrogen-bond acceptors (Lipinski definition) is 6. The number of ether oxygens (including phenoxy) is 2. The van der Waals surface area contributed by atoms with E-state index in [-0.39, 0.29) is 17.1 Å². The van der Waals surface area contributed by atoms with Gasteiger partial charge < -0.3 is 9.47 Å². The van der Waals surface area contributed by atoms with Crippen LogP contribution in [0.2, 0.25) is 0 Å². The molecule has 0 aliphatic carbocycles. The largest absolute Gasteiger partial charge is 0.491 e. The highest BCUT2D eigenvalue weighted by atomic mass is 32.2. The zero-order chi connectivity index (χ0) is 20.0. The van der Waals surface area contributed by atoms with E-state index in [1.165, 1.54) is 21.2 Å². The summed E-state index contributed by atoms with van der Waals surface area (Å²) in [5.74, 6) is 0.572. The fourth-order valence-corrected chi connectivity index (χ4v) is 3.66. The molecule has 0 spiro atoms. The van der Waals surface area contributed by atoms with E-state index in [4.69, 9.17) is 9.47 Å². The molecule has 0 saturated carbocycles. The summed E-state index contributed by atoms with van der Waals surface area (Å²) in [7, 11) is -2.06. The van der Waals surface area contributed by atoms with Gasteiger partial charge in [-0.25, -0.2) is 22.6 Å². The van der Waals surface area contributed by atoms with Crippen LogP contribution in [0.5, 0.6) is 5.75 Å². The lowest BCUT2D eigenvalue weighted by Gasteiger charge is -2.08. The van der Waals surface area contributed by atoms with Crippen LogP contribution < -0.4 is 15.1 Å². The summed E-state index contributed by atoms with van der Waals surface area (Å²) < 4.78 is 40.3. The Bertz CT molecular complexity index is 1070. The third kappa shape index (κ3) is 4.77. The number of nitrogens with zero attached hydrogens (tertiary/aromatic N) is 3. The maximum absolute atomic E-state index is 12.4. The Kier molecular flexibility index (Phi) is 6.45. The smallest absolute Gasteiger partial charge is 0.350 e. The van der Waals surface area contributed by atoms with E-state index in [9.17, 15) is 13.2 Å². The lowest BCUT2D eigenvalue weighted by molar-refractivity contribution is 0.146. The molecule has 1 aromatic carbocycles. The van der Waals surface area contributed by atoms with Crippen LogP contribution in [0.15, 0.2) is 58.4 Å². The van der Waals surface area contributed by atoms with Crippen molar-refractivity contribution in [2.75, 3.05) is 26.9 Å². The summed E-state index contributed by atoms with van der Waals surface area (Å²) in [6.07, 6.45) is 2.08. The zero-order valence-corrected chi connectivity index (χ0v) is 16.3. The van der Waals surface area contributed by atoms with Gasteiger partial charge >= 0.3 is 5.69 Å². The number of pyridine rings is 1. The first-order chi connectivity index (χ1) is 13.5. The number of hydrogen-bond donors (Lipinski definition) is 1. The molecule has 10 heteroatoms. The molecule has 9 nitrogen and oxygen atoms in total. The van der Waals surface area contributed by atoms with Crippen molar-refractivity contribution in [1.29, 1.82) is 0 Å². The fraction of sp³-hybridized carbons (Fsp3) is 0.333. The average molecular weight is 406 g/mol. The first kappa shape index (κ1) is 20.1. The minimum atomic E-state index is -3.63. The van der Waals surface area contributed by atoms with Crippen LogP contribution in [0.3, 0.4) is 0 Å². The molecule has 0 aliphatic rings. The Morgan fingerprint density at radius 2 is 1.89 bits per heavy atom. The van der Waals surface area contributed by atoms with Crippen LogP contribution in [0, 0.1) is 0 Å². The van der Waals surface area contributed by atoms with Gasteiger partial charge in [0.05, 0.1) is 11.5 Å². The molecular formula is C18H22N4O5S. The van der Waals surface area contributed by atoms with Crippen molar-refractivity contribution in [1.82, 2.24) is 18.9 Å². The van der Waals surface area contributed by atoms with E-state index < -0.39 is 10.0 Å². The maximum Gasteiger partial charge on any atom is 0.350 e. The molecule has 1 N–H and O–H groups in total. The average Bonchev–Trinajstić information content (AvgIpc) is 3.02. The SMILES string of the molecule is COCCOc1ccc(S(=O)(=O)NCCCn2nc3ccccn3c2=O)cc1. The van der Waals surface area contributed by atoms with Crippen LogP contribution in [-0.4, -0.2) is 49.5 Å². The number of methoxy groups -OCH3 is 1. The molecule has 3 aromatic rings. The Morgan fingerprint density at radius 3 is 2.61 bits per heavy atom. The van der Waals surface area contributed by atoms with Crippen LogP contribution in [0.25, 0.3) is 5.65 Å².